The second kappa shape index (κ2) is 10.7. The number of hydrogen-bond donors (Lipinski definition) is 2. The molecule has 15 heteroatoms. The fourth-order valence-electron chi connectivity index (χ4n) is 4.93. The van der Waals surface area contributed by atoms with Gasteiger partial charge in [0.1, 0.15) is 18.0 Å². The zero-order chi connectivity index (χ0) is 29.5. The zero-order valence-corrected chi connectivity index (χ0v) is 23.0. The highest BCUT2D eigenvalue weighted by atomic mass is 19.4. The molecular formula is C26H31F3N8O4. The van der Waals surface area contributed by atoms with Gasteiger partial charge in [0.05, 0.1) is 36.9 Å². The van der Waals surface area contributed by atoms with Gasteiger partial charge in [-0.2, -0.15) is 18.3 Å². The van der Waals surface area contributed by atoms with Crippen LogP contribution in [0.4, 0.5) is 34.3 Å². The fourth-order valence-corrected chi connectivity index (χ4v) is 4.93. The minimum absolute atomic E-state index is 0.0310. The molecule has 220 valence electrons. The quantitative estimate of drug-likeness (QED) is 0.482. The summed E-state index contributed by atoms with van der Waals surface area (Å²) in [5.41, 5.74) is 0.417. The summed E-state index contributed by atoms with van der Waals surface area (Å²) in [6, 6.07) is 5.58. The maximum absolute atomic E-state index is 13.4. The summed E-state index contributed by atoms with van der Waals surface area (Å²) in [5.74, 6) is 0.601. The molecule has 0 spiro atoms. The van der Waals surface area contributed by atoms with E-state index in [1.807, 2.05) is 4.90 Å². The first-order valence-electron chi connectivity index (χ1n) is 13.0. The number of anilines is 2. The molecule has 1 aromatic carbocycles. The number of alkyl halides is 3. The van der Waals surface area contributed by atoms with Crippen LogP contribution in [-0.4, -0.2) is 94.0 Å². The number of ether oxygens (including phenoxy) is 2. The number of fused-ring (bicyclic) bond motifs is 3. The molecule has 2 atom stereocenters. The highest BCUT2D eigenvalue weighted by Gasteiger charge is 2.43. The molecule has 4 heterocycles. The Morgan fingerprint density at radius 2 is 1.73 bits per heavy atom. The van der Waals surface area contributed by atoms with Crippen molar-refractivity contribution in [2.24, 2.45) is 0 Å². The number of rotatable bonds is 4. The van der Waals surface area contributed by atoms with Crippen LogP contribution in [0.15, 0.2) is 30.5 Å². The summed E-state index contributed by atoms with van der Waals surface area (Å²) in [6.07, 6.45) is -3.61. The molecule has 2 aromatic heterocycles. The van der Waals surface area contributed by atoms with Crippen molar-refractivity contribution >= 4 is 34.7 Å². The van der Waals surface area contributed by atoms with Gasteiger partial charge in [-0.1, -0.05) is 0 Å². The number of aromatic nitrogens is 4. The van der Waals surface area contributed by atoms with E-state index in [1.165, 1.54) is 13.2 Å². The molecule has 3 aromatic rings. The predicted molar refractivity (Wildman–Crippen MR) is 144 cm³/mol. The van der Waals surface area contributed by atoms with E-state index >= 15 is 0 Å². The van der Waals surface area contributed by atoms with E-state index < -0.39 is 30.4 Å². The summed E-state index contributed by atoms with van der Waals surface area (Å²) < 4.78 is 52.4. The number of carbonyl (C=O) groups is 2. The number of piperazine rings is 1. The Hall–Kier alpha value is -4.14. The van der Waals surface area contributed by atoms with E-state index in [-0.39, 0.29) is 49.9 Å². The summed E-state index contributed by atoms with van der Waals surface area (Å²) in [5, 5.41) is 9.48. The first-order chi connectivity index (χ1) is 19.3. The lowest BCUT2D eigenvalue weighted by Gasteiger charge is -2.50. The van der Waals surface area contributed by atoms with Crippen molar-refractivity contribution in [3.63, 3.8) is 0 Å². The van der Waals surface area contributed by atoms with Crippen LogP contribution in [0.3, 0.4) is 0 Å². The maximum atomic E-state index is 13.4. The second-order valence-corrected chi connectivity index (χ2v) is 10.9. The molecule has 41 heavy (non-hydrogen) atoms. The largest absolute Gasteiger partial charge is 0.444 e. The molecule has 2 unspecified atom stereocenters. The molecule has 2 saturated heterocycles. The van der Waals surface area contributed by atoms with E-state index in [2.05, 4.69) is 20.7 Å². The van der Waals surface area contributed by atoms with Crippen LogP contribution in [0, 0.1) is 0 Å². The van der Waals surface area contributed by atoms with Gasteiger partial charge in [0.15, 0.2) is 11.5 Å². The van der Waals surface area contributed by atoms with Crippen molar-refractivity contribution in [2.45, 2.75) is 51.2 Å². The third kappa shape index (κ3) is 6.29. The average molecular weight is 577 g/mol. The molecule has 2 aliphatic rings. The highest BCUT2D eigenvalue weighted by molar-refractivity contribution is 5.90. The number of morpholine rings is 1. The number of nitrogens with zero attached hydrogens (tertiary/aromatic N) is 6. The molecule has 3 amide bonds. The number of carbonyl (C=O) groups excluding carboxylic acids is 2. The zero-order valence-electron chi connectivity index (χ0n) is 23.0. The Labute approximate surface area is 233 Å². The summed E-state index contributed by atoms with van der Waals surface area (Å²) in [4.78, 5) is 37.4. The SMILES string of the molecule is CNC(=O)Nc1ccc(-c2nc(N3C4COCC3CN(C(=O)OC(C)(C)C)C4)c3cnn(CC(F)(F)F)c3n2)cc1. The fraction of sp³-hybridized carbons (Fsp3) is 0.500. The Bertz CT molecular complexity index is 1420. The Morgan fingerprint density at radius 1 is 1.07 bits per heavy atom. The molecule has 0 aliphatic carbocycles. The van der Waals surface area contributed by atoms with E-state index in [1.54, 1.807) is 49.9 Å². The molecule has 2 aliphatic heterocycles. The van der Waals surface area contributed by atoms with Crippen molar-refractivity contribution in [3.8, 4) is 11.4 Å². The van der Waals surface area contributed by atoms with Gasteiger partial charge in [-0.25, -0.2) is 24.2 Å². The molecule has 2 bridgehead atoms. The molecule has 0 radical (unpaired) electrons. The number of benzene rings is 1. The Kier molecular flexibility index (Phi) is 7.40. The first kappa shape index (κ1) is 28.4. The summed E-state index contributed by atoms with van der Waals surface area (Å²) in [6.45, 7) is 5.20. The van der Waals surface area contributed by atoms with Gasteiger partial charge in [0.2, 0.25) is 0 Å². The molecule has 2 N–H and O–H groups in total. The van der Waals surface area contributed by atoms with E-state index in [0.717, 1.165) is 4.68 Å². The summed E-state index contributed by atoms with van der Waals surface area (Å²) >= 11 is 0. The Morgan fingerprint density at radius 3 is 2.32 bits per heavy atom. The number of amides is 3. The predicted octanol–water partition coefficient (Wildman–Crippen LogP) is 3.63. The molecule has 2 fully saturated rings. The minimum Gasteiger partial charge on any atom is -0.444 e. The average Bonchev–Trinajstić information content (AvgIpc) is 3.27. The van der Waals surface area contributed by atoms with Gasteiger partial charge in [0, 0.05) is 31.4 Å². The van der Waals surface area contributed by atoms with Crippen LogP contribution in [0.1, 0.15) is 20.8 Å². The Balaban J connectivity index is 1.55. The third-order valence-corrected chi connectivity index (χ3v) is 6.60. The first-order valence-corrected chi connectivity index (χ1v) is 13.0. The van der Waals surface area contributed by atoms with Crippen LogP contribution in [0.2, 0.25) is 0 Å². The molecular weight excluding hydrogens is 545 g/mol. The number of nitrogens with one attached hydrogen (secondary N) is 2. The lowest BCUT2D eigenvalue weighted by atomic mass is 10.0. The topological polar surface area (TPSA) is 127 Å². The number of halogens is 3. The van der Waals surface area contributed by atoms with Crippen molar-refractivity contribution in [1.82, 2.24) is 30.0 Å². The van der Waals surface area contributed by atoms with Gasteiger partial charge < -0.3 is 29.9 Å². The van der Waals surface area contributed by atoms with E-state index in [4.69, 9.17) is 14.5 Å². The molecule has 0 saturated carbocycles. The lowest BCUT2D eigenvalue weighted by molar-refractivity contribution is -0.141. The summed E-state index contributed by atoms with van der Waals surface area (Å²) in [7, 11) is 1.49. The van der Waals surface area contributed by atoms with Crippen LogP contribution in [-0.2, 0) is 16.0 Å². The number of urea groups is 1. The van der Waals surface area contributed by atoms with Crippen LogP contribution in [0.5, 0.6) is 0 Å². The lowest BCUT2D eigenvalue weighted by Crippen LogP contribution is -2.66. The highest BCUT2D eigenvalue weighted by Crippen LogP contribution is 2.35. The van der Waals surface area contributed by atoms with Crippen molar-refractivity contribution in [1.29, 1.82) is 0 Å². The maximum Gasteiger partial charge on any atom is 0.410 e. The standard InChI is InChI=1S/C26H31F3N8O4/c1-25(2,3)41-24(39)35-10-17-12-40-13-18(11-35)37(17)22-19-9-31-36(14-26(27,28)29)21(19)33-20(34-22)15-5-7-16(8-6-15)32-23(38)30-4/h5-9,17-18H,10-14H2,1-4H3,(H2,30,32,38). The van der Waals surface area contributed by atoms with Crippen molar-refractivity contribution in [3.05, 3.63) is 30.5 Å². The van der Waals surface area contributed by atoms with Gasteiger partial charge >= 0.3 is 18.3 Å². The van der Waals surface area contributed by atoms with Crippen molar-refractivity contribution < 1.29 is 32.2 Å². The monoisotopic (exact) mass is 576 g/mol. The van der Waals surface area contributed by atoms with Gasteiger partial charge in [-0.3, -0.25) is 0 Å². The molecule has 5 rings (SSSR count). The minimum atomic E-state index is -4.51. The second-order valence-electron chi connectivity index (χ2n) is 10.9. The van der Waals surface area contributed by atoms with E-state index in [0.29, 0.717) is 22.5 Å². The van der Waals surface area contributed by atoms with Crippen molar-refractivity contribution in [2.75, 3.05) is 43.6 Å². The van der Waals surface area contributed by atoms with Crippen LogP contribution >= 0.6 is 0 Å². The third-order valence-electron chi connectivity index (χ3n) is 6.60. The van der Waals surface area contributed by atoms with Crippen LogP contribution in [0.25, 0.3) is 22.4 Å². The molecule has 12 nitrogen and oxygen atoms in total. The number of hydrogen-bond acceptors (Lipinski definition) is 8. The van der Waals surface area contributed by atoms with Gasteiger partial charge in [-0.05, 0) is 45.0 Å². The normalized spacial score (nSPS) is 19.3. The van der Waals surface area contributed by atoms with E-state index in [9.17, 15) is 22.8 Å². The van der Waals surface area contributed by atoms with Gasteiger partial charge in [-0.15, -0.1) is 0 Å². The van der Waals surface area contributed by atoms with Gasteiger partial charge in [0.25, 0.3) is 0 Å². The van der Waals surface area contributed by atoms with Crippen LogP contribution < -0.4 is 15.5 Å². The smallest absolute Gasteiger partial charge is 0.410 e.